The maximum absolute atomic E-state index is 14.9. The zero-order valence-corrected chi connectivity index (χ0v) is 28.0. The van der Waals surface area contributed by atoms with Crippen molar-refractivity contribution in [1.29, 1.82) is 0 Å². The minimum atomic E-state index is -1.20. The summed E-state index contributed by atoms with van der Waals surface area (Å²) in [6.07, 6.45) is 3.88. The lowest BCUT2D eigenvalue weighted by atomic mass is 9.62. The van der Waals surface area contributed by atoms with Crippen LogP contribution in [0.2, 0.25) is 0 Å². The third kappa shape index (κ3) is 5.93. The van der Waals surface area contributed by atoms with Crippen LogP contribution in [-0.4, -0.2) is 125 Å². The summed E-state index contributed by atoms with van der Waals surface area (Å²) in [5, 5.41) is 10.6. The number of morpholine rings is 1. The number of benzene rings is 1. The standard InChI is InChI=1S/C36H52N4O6/c1-7-14-38(17-16-37-18-20-45-21-19-37)34(44)31-36-22-26(5)35(6,46-36)29(30(36)33(43)40(31)28(24-41)25(3)4)32(42)39(15-8-2)23-27-12-10-9-11-13-27/h7-13,25-26,28-31,41H,1-2,14-24H2,3-6H3/t26?,28-,29-,30-,31?,35+,36?/m0/s1. The number of aliphatic hydroxyl groups excluding tert-OH is 1. The van der Waals surface area contributed by atoms with Crippen molar-refractivity contribution in [1.82, 2.24) is 19.6 Å². The Kier molecular flexibility index (Phi) is 10.4. The van der Waals surface area contributed by atoms with Crippen LogP contribution in [-0.2, 0) is 30.4 Å². The zero-order chi connectivity index (χ0) is 33.2. The number of hydrogen-bond donors (Lipinski definition) is 1. The fourth-order valence-electron chi connectivity index (χ4n) is 8.41. The van der Waals surface area contributed by atoms with Gasteiger partial charge in [-0.1, -0.05) is 63.3 Å². The molecular formula is C36H52N4O6. The molecule has 7 atom stereocenters. The summed E-state index contributed by atoms with van der Waals surface area (Å²) in [7, 11) is 0. The van der Waals surface area contributed by atoms with Crippen molar-refractivity contribution in [2.24, 2.45) is 23.7 Å². The summed E-state index contributed by atoms with van der Waals surface area (Å²) in [5.74, 6) is -2.54. The second-order valence-electron chi connectivity index (χ2n) is 14.0. The van der Waals surface area contributed by atoms with Gasteiger partial charge in [-0.25, -0.2) is 0 Å². The number of likely N-dealkylation sites (tertiary alicyclic amines) is 1. The summed E-state index contributed by atoms with van der Waals surface area (Å²) in [6.45, 7) is 20.4. The summed E-state index contributed by atoms with van der Waals surface area (Å²) in [4.78, 5) is 51.7. The van der Waals surface area contributed by atoms with Gasteiger partial charge < -0.3 is 29.3 Å². The number of rotatable bonds is 14. The molecule has 3 unspecified atom stereocenters. The normalized spacial score (nSPS) is 31.2. The number of hydrogen-bond acceptors (Lipinski definition) is 7. The van der Waals surface area contributed by atoms with E-state index in [-0.39, 0.29) is 36.2 Å². The first kappa shape index (κ1) is 34.3. The molecule has 0 radical (unpaired) electrons. The maximum Gasteiger partial charge on any atom is 0.248 e. The van der Waals surface area contributed by atoms with Gasteiger partial charge in [-0.3, -0.25) is 19.3 Å². The molecule has 1 aromatic carbocycles. The fourth-order valence-corrected chi connectivity index (χ4v) is 8.41. The van der Waals surface area contributed by atoms with E-state index < -0.39 is 35.1 Å². The molecule has 1 N–H and O–H groups in total. The van der Waals surface area contributed by atoms with E-state index in [1.807, 2.05) is 51.1 Å². The molecule has 10 heteroatoms. The number of ether oxygens (including phenoxy) is 2. The molecule has 0 aliphatic carbocycles. The summed E-state index contributed by atoms with van der Waals surface area (Å²) in [5.41, 5.74) is -1.17. The largest absolute Gasteiger partial charge is 0.394 e. The van der Waals surface area contributed by atoms with Gasteiger partial charge in [-0.05, 0) is 30.7 Å². The molecule has 10 nitrogen and oxygen atoms in total. The molecule has 4 aliphatic rings. The van der Waals surface area contributed by atoms with Crippen LogP contribution in [0.4, 0.5) is 0 Å². The molecule has 4 heterocycles. The van der Waals surface area contributed by atoms with Gasteiger partial charge in [0.25, 0.3) is 0 Å². The van der Waals surface area contributed by atoms with Gasteiger partial charge in [0.2, 0.25) is 17.7 Å². The van der Waals surface area contributed by atoms with Gasteiger partial charge in [-0.15, -0.1) is 13.2 Å². The molecule has 0 aromatic heterocycles. The predicted octanol–water partition coefficient (Wildman–Crippen LogP) is 2.58. The monoisotopic (exact) mass is 636 g/mol. The Morgan fingerprint density at radius 1 is 1.09 bits per heavy atom. The van der Waals surface area contributed by atoms with Gasteiger partial charge in [-0.2, -0.15) is 0 Å². The number of carbonyl (C=O) groups is 3. The topological polar surface area (TPSA) is 103 Å². The Morgan fingerprint density at radius 3 is 2.35 bits per heavy atom. The highest BCUT2D eigenvalue weighted by atomic mass is 16.5. The summed E-state index contributed by atoms with van der Waals surface area (Å²) >= 11 is 0. The Morgan fingerprint density at radius 2 is 1.74 bits per heavy atom. The van der Waals surface area contributed by atoms with Crippen molar-refractivity contribution in [2.75, 3.05) is 59.1 Å². The van der Waals surface area contributed by atoms with Crippen LogP contribution in [0.5, 0.6) is 0 Å². The Hall–Kier alpha value is -3.05. The molecule has 4 fully saturated rings. The van der Waals surface area contributed by atoms with E-state index in [0.29, 0.717) is 52.4 Å². The molecule has 4 saturated heterocycles. The van der Waals surface area contributed by atoms with Gasteiger partial charge in [0.05, 0.1) is 43.3 Å². The third-order valence-electron chi connectivity index (χ3n) is 10.9. The first-order valence-electron chi connectivity index (χ1n) is 16.8. The van der Waals surface area contributed by atoms with Crippen LogP contribution in [0.1, 0.15) is 39.7 Å². The first-order chi connectivity index (χ1) is 22.0. The number of fused-ring (bicyclic) bond motifs is 1. The molecule has 252 valence electrons. The molecule has 1 aromatic rings. The maximum atomic E-state index is 14.9. The van der Waals surface area contributed by atoms with Crippen molar-refractivity contribution >= 4 is 17.7 Å². The van der Waals surface area contributed by atoms with Crippen LogP contribution in [0.15, 0.2) is 55.6 Å². The summed E-state index contributed by atoms with van der Waals surface area (Å²) < 4.78 is 12.5. The molecular weight excluding hydrogens is 584 g/mol. The third-order valence-corrected chi connectivity index (χ3v) is 10.9. The van der Waals surface area contributed by atoms with E-state index in [1.165, 1.54) is 0 Å². The molecule has 1 spiro atoms. The number of carbonyl (C=O) groups excluding carboxylic acids is 3. The molecule has 46 heavy (non-hydrogen) atoms. The second-order valence-corrected chi connectivity index (χ2v) is 14.0. The van der Waals surface area contributed by atoms with Gasteiger partial charge in [0.15, 0.2) is 0 Å². The lowest BCUT2D eigenvalue weighted by Crippen LogP contribution is -2.60. The Labute approximate surface area is 274 Å². The average Bonchev–Trinajstić information content (AvgIpc) is 3.56. The van der Waals surface area contributed by atoms with E-state index in [1.54, 1.807) is 26.9 Å². The van der Waals surface area contributed by atoms with E-state index >= 15 is 0 Å². The predicted molar refractivity (Wildman–Crippen MR) is 175 cm³/mol. The van der Waals surface area contributed by atoms with E-state index in [4.69, 9.17) is 9.47 Å². The fraction of sp³-hybridized carbons (Fsp3) is 0.639. The van der Waals surface area contributed by atoms with Crippen LogP contribution in [0, 0.1) is 23.7 Å². The quantitative estimate of drug-likeness (QED) is 0.313. The van der Waals surface area contributed by atoms with E-state index in [9.17, 15) is 19.5 Å². The van der Waals surface area contributed by atoms with Crippen LogP contribution < -0.4 is 0 Å². The van der Waals surface area contributed by atoms with Crippen molar-refractivity contribution in [3.63, 3.8) is 0 Å². The number of nitrogens with zero attached hydrogens (tertiary/aromatic N) is 4. The lowest BCUT2D eigenvalue weighted by Gasteiger charge is -2.41. The lowest BCUT2D eigenvalue weighted by molar-refractivity contribution is -0.158. The smallest absolute Gasteiger partial charge is 0.248 e. The van der Waals surface area contributed by atoms with Gasteiger partial charge >= 0.3 is 0 Å². The SMILES string of the molecule is C=CCN(CCN1CCOCC1)C(=O)C1N([C@@H](CO)C(C)C)C(=O)[C@@H]2[C@@H](C(=O)N(CC=C)Cc3ccccc3)[C@]3(C)OC12CC3C. The van der Waals surface area contributed by atoms with Crippen LogP contribution >= 0.6 is 0 Å². The minimum absolute atomic E-state index is 0.0871. The molecule has 2 bridgehead atoms. The number of aliphatic hydroxyl groups is 1. The van der Waals surface area contributed by atoms with Gasteiger partial charge in [0, 0.05) is 45.8 Å². The second kappa shape index (κ2) is 14.0. The highest BCUT2D eigenvalue weighted by Crippen LogP contribution is 2.66. The first-order valence-corrected chi connectivity index (χ1v) is 16.8. The van der Waals surface area contributed by atoms with Crippen molar-refractivity contribution in [3.05, 3.63) is 61.2 Å². The van der Waals surface area contributed by atoms with Crippen LogP contribution in [0.3, 0.4) is 0 Å². The molecule has 5 rings (SSSR count). The average molecular weight is 637 g/mol. The van der Waals surface area contributed by atoms with Crippen molar-refractivity contribution in [2.45, 2.75) is 63.9 Å². The van der Waals surface area contributed by atoms with E-state index in [0.717, 1.165) is 18.7 Å². The Balaban J connectivity index is 1.54. The molecule has 0 saturated carbocycles. The zero-order valence-electron chi connectivity index (χ0n) is 28.0. The van der Waals surface area contributed by atoms with Gasteiger partial charge in [0.1, 0.15) is 11.6 Å². The van der Waals surface area contributed by atoms with E-state index in [2.05, 4.69) is 25.0 Å². The highest BCUT2D eigenvalue weighted by Gasteiger charge is 2.80. The summed E-state index contributed by atoms with van der Waals surface area (Å²) in [6, 6.07) is 8.18. The highest BCUT2D eigenvalue weighted by molar-refractivity contribution is 5.99. The minimum Gasteiger partial charge on any atom is -0.394 e. The van der Waals surface area contributed by atoms with Crippen molar-refractivity contribution < 1.29 is 29.0 Å². The van der Waals surface area contributed by atoms with Crippen molar-refractivity contribution in [3.8, 4) is 0 Å². The molecule has 3 amide bonds. The number of amides is 3. The van der Waals surface area contributed by atoms with Crippen LogP contribution in [0.25, 0.3) is 0 Å². The Bertz CT molecular complexity index is 1280. The molecule has 4 aliphatic heterocycles.